The maximum Gasteiger partial charge on any atom is 0.311 e. The van der Waals surface area contributed by atoms with Gasteiger partial charge in [0.05, 0.1) is 12.5 Å². The molecule has 6 heteroatoms. The van der Waals surface area contributed by atoms with E-state index in [4.69, 9.17) is 4.74 Å². The number of ether oxygens (including phenoxy) is 1. The number of rotatable bonds is 5. The molecule has 6 nitrogen and oxygen atoms in total. The second kappa shape index (κ2) is 7.51. The summed E-state index contributed by atoms with van der Waals surface area (Å²) in [4.78, 5) is 23.3. The first-order valence-corrected chi connectivity index (χ1v) is 8.56. The van der Waals surface area contributed by atoms with Gasteiger partial charge in [0.1, 0.15) is 5.75 Å². The fourth-order valence-corrected chi connectivity index (χ4v) is 3.28. The summed E-state index contributed by atoms with van der Waals surface area (Å²) in [5, 5.41) is 9.45. The van der Waals surface area contributed by atoms with Crippen molar-refractivity contribution in [2.75, 3.05) is 24.6 Å². The number of aromatic hydroxyl groups is 1. The van der Waals surface area contributed by atoms with E-state index in [1.165, 1.54) is 0 Å². The monoisotopic (exact) mass is 341 g/mol. The molecule has 1 aliphatic rings. The van der Waals surface area contributed by atoms with Crippen molar-refractivity contribution in [1.82, 2.24) is 9.97 Å². The van der Waals surface area contributed by atoms with Crippen LogP contribution in [0.3, 0.4) is 0 Å². The first-order valence-electron chi connectivity index (χ1n) is 8.56. The lowest BCUT2D eigenvalue weighted by Gasteiger charge is -2.16. The average Bonchev–Trinajstić information content (AvgIpc) is 3.01. The number of anilines is 1. The lowest BCUT2D eigenvalue weighted by Crippen LogP contribution is -2.27. The zero-order chi connectivity index (χ0) is 17.8. The van der Waals surface area contributed by atoms with Crippen molar-refractivity contribution in [2.24, 2.45) is 11.8 Å². The van der Waals surface area contributed by atoms with Gasteiger partial charge in [-0.05, 0) is 49.9 Å². The van der Waals surface area contributed by atoms with Crippen molar-refractivity contribution in [1.29, 1.82) is 0 Å². The van der Waals surface area contributed by atoms with Gasteiger partial charge < -0.3 is 14.7 Å². The maximum atomic E-state index is 12.4. The Morgan fingerprint density at radius 3 is 2.72 bits per heavy atom. The molecule has 0 aliphatic carbocycles. The molecule has 25 heavy (non-hydrogen) atoms. The Labute approximate surface area is 147 Å². The number of hydrogen-bond donors (Lipinski definition) is 1. The van der Waals surface area contributed by atoms with E-state index in [1.807, 2.05) is 32.0 Å². The molecule has 0 unspecified atom stereocenters. The smallest absolute Gasteiger partial charge is 0.311 e. The number of nitrogens with zero attached hydrogens (tertiary/aromatic N) is 3. The third kappa shape index (κ3) is 4.07. The van der Waals surface area contributed by atoms with Crippen molar-refractivity contribution in [3.63, 3.8) is 0 Å². The molecule has 2 aromatic rings. The van der Waals surface area contributed by atoms with Crippen LogP contribution in [-0.2, 0) is 16.0 Å². The van der Waals surface area contributed by atoms with Crippen LogP contribution < -0.4 is 4.90 Å². The molecule has 2 atom stereocenters. The number of phenolic OH excluding ortho intramolecular Hbond substituents is 1. The first-order chi connectivity index (χ1) is 12.1. The summed E-state index contributed by atoms with van der Waals surface area (Å²) in [6.07, 6.45) is 2.48. The second-order valence-corrected chi connectivity index (χ2v) is 6.39. The van der Waals surface area contributed by atoms with Crippen LogP contribution in [0.1, 0.15) is 18.2 Å². The van der Waals surface area contributed by atoms with E-state index >= 15 is 0 Å². The van der Waals surface area contributed by atoms with Crippen LogP contribution in [0.2, 0.25) is 0 Å². The van der Waals surface area contributed by atoms with Gasteiger partial charge in [0, 0.05) is 25.0 Å². The molecule has 1 fully saturated rings. The minimum atomic E-state index is -0.210. The molecule has 0 spiro atoms. The van der Waals surface area contributed by atoms with E-state index in [1.54, 1.807) is 18.3 Å². The highest BCUT2D eigenvalue weighted by Crippen LogP contribution is 2.30. The molecule has 2 heterocycles. The van der Waals surface area contributed by atoms with Crippen molar-refractivity contribution in [3.8, 4) is 5.75 Å². The predicted octanol–water partition coefficient (Wildman–Crippen LogP) is 2.35. The number of aromatic nitrogens is 2. The average molecular weight is 341 g/mol. The summed E-state index contributed by atoms with van der Waals surface area (Å²) < 4.78 is 5.27. The number of carbonyl (C=O) groups is 1. The van der Waals surface area contributed by atoms with Crippen LogP contribution >= 0.6 is 0 Å². The highest BCUT2D eigenvalue weighted by molar-refractivity contribution is 5.74. The minimum absolute atomic E-state index is 0.118. The van der Waals surface area contributed by atoms with Gasteiger partial charge in [-0.2, -0.15) is 0 Å². The van der Waals surface area contributed by atoms with Gasteiger partial charge >= 0.3 is 5.97 Å². The molecular formula is C19H23N3O3. The van der Waals surface area contributed by atoms with Gasteiger partial charge in [0.15, 0.2) is 0 Å². The lowest BCUT2D eigenvalue weighted by atomic mass is 9.90. The quantitative estimate of drug-likeness (QED) is 0.842. The Morgan fingerprint density at radius 1 is 1.28 bits per heavy atom. The van der Waals surface area contributed by atoms with E-state index < -0.39 is 0 Å². The molecule has 1 aromatic heterocycles. The number of esters is 1. The van der Waals surface area contributed by atoms with Crippen LogP contribution in [0.15, 0.2) is 36.5 Å². The number of carbonyl (C=O) groups excluding carboxylic acids is 1. The van der Waals surface area contributed by atoms with Crippen LogP contribution in [0.5, 0.6) is 5.75 Å². The van der Waals surface area contributed by atoms with E-state index in [-0.39, 0.29) is 23.6 Å². The Morgan fingerprint density at radius 2 is 2.04 bits per heavy atom. The first kappa shape index (κ1) is 17.2. The summed E-state index contributed by atoms with van der Waals surface area (Å²) in [6.45, 7) is 5.39. The van der Waals surface area contributed by atoms with E-state index in [2.05, 4.69) is 14.9 Å². The normalized spacial score (nSPS) is 19.8. The van der Waals surface area contributed by atoms with Crippen LogP contribution in [0.4, 0.5) is 5.95 Å². The molecule has 0 saturated carbocycles. The largest absolute Gasteiger partial charge is 0.508 e. The molecule has 1 aromatic carbocycles. The highest BCUT2D eigenvalue weighted by Gasteiger charge is 2.39. The topological polar surface area (TPSA) is 75.5 Å². The van der Waals surface area contributed by atoms with E-state index in [9.17, 15) is 9.90 Å². The molecule has 1 saturated heterocycles. The van der Waals surface area contributed by atoms with Crippen molar-refractivity contribution >= 4 is 11.9 Å². The number of aryl methyl sites for hydroxylation is 1. The van der Waals surface area contributed by atoms with Crippen LogP contribution in [-0.4, -0.2) is 40.7 Å². The summed E-state index contributed by atoms with van der Waals surface area (Å²) in [7, 11) is 0. The molecule has 1 aliphatic heterocycles. The van der Waals surface area contributed by atoms with Gasteiger partial charge in [0.2, 0.25) is 5.95 Å². The molecule has 0 radical (unpaired) electrons. The highest BCUT2D eigenvalue weighted by atomic mass is 16.5. The maximum absolute atomic E-state index is 12.4. The van der Waals surface area contributed by atoms with E-state index in [0.717, 1.165) is 17.7 Å². The molecule has 0 amide bonds. The minimum Gasteiger partial charge on any atom is -0.508 e. The molecule has 0 bridgehead atoms. The van der Waals surface area contributed by atoms with Gasteiger partial charge in [0.25, 0.3) is 0 Å². The Hall–Kier alpha value is -2.63. The Bertz CT molecular complexity index is 733. The fraction of sp³-hybridized carbons (Fsp3) is 0.421. The van der Waals surface area contributed by atoms with Crippen LogP contribution in [0.25, 0.3) is 0 Å². The standard InChI is InChI=1S/C19H23N3O3/c1-3-25-18(24)17-12-22(19-20-9-8-13(2)21-19)11-15(17)10-14-4-6-16(23)7-5-14/h4-9,15,17,23H,3,10-12H2,1-2H3/t15-,17+/m1/s1. The van der Waals surface area contributed by atoms with Crippen molar-refractivity contribution < 1.29 is 14.6 Å². The fourth-order valence-electron chi connectivity index (χ4n) is 3.28. The van der Waals surface area contributed by atoms with E-state index in [0.29, 0.717) is 25.6 Å². The summed E-state index contributed by atoms with van der Waals surface area (Å²) >= 11 is 0. The number of phenols is 1. The third-order valence-corrected chi connectivity index (χ3v) is 4.53. The Kier molecular flexibility index (Phi) is 5.16. The molecule has 1 N–H and O–H groups in total. The number of hydrogen-bond acceptors (Lipinski definition) is 6. The van der Waals surface area contributed by atoms with Crippen molar-refractivity contribution in [2.45, 2.75) is 20.3 Å². The van der Waals surface area contributed by atoms with Gasteiger partial charge in [-0.15, -0.1) is 0 Å². The zero-order valence-corrected chi connectivity index (χ0v) is 14.6. The lowest BCUT2D eigenvalue weighted by molar-refractivity contribution is -0.148. The number of benzene rings is 1. The summed E-state index contributed by atoms with van der Waals surface area (Å²) in [5.74, 6) is 0.640. The molecule has 3 rings (SSSR count). The zero-order valence-electron chi connectivity index (χ0n) is 14.6. The Balaban J connectivity index is 1.80. The summed E-state index contributed by atoms with van der Waals surface area (Å²) in [5.41, 5.74) is 1.99. The van der Waals surface area contributed by atoms with Gasteiger partial charge in [-0.1, -0.05) is 12.1 Å². The third-order valence-electron chi connectivity index (χ3n) is 4.53. The van der Waals surface area contributed by atoms with Crippen LogP contribution in [0, 0.1) is 18.8 Å². The van der Waals surface area contributed by atoms with Gasteiger partial charge in [-0.25, -0.2) is 9.97 Å². The SMILES string of the molecule is CCOC(=O)[C@H]1CN(c2nccc(C)n2)C[C@H]1Cc1ccc(O)cc1. The predicted molar refractivity (Wildman–Crippen MR) is 94.4 cm³/mol. The second-order valence-electron chi connectivity index (χ2n) is 6.39. The molecular weight excluding hydrogens is 318 g/mol. The molecule has 132 valence electrons. The van der Waals surface area contributed by atoms with Crippen molar-refractivity contribution in [3.05, 3.63) is 47.8 Å². The summed E-state index contributed by atoms with van der Waals surface area (Å²) in [6, 6.07) is 8.99. The van der Waals surface area contributed by atoms with Gasteiger partial charge in [-0.3, -0.25) is 4.79 Å².